The predicted octanol–water partition coefficient (Wildman–Crippen LogP) is 4.58. The molecule has 1 saturated heterocycles. The van der Waals surface area contributed by atoms with Gasteiger partial charge >= 0.3 is 0 Å². The number of aromatic amines is 1. The lowest BCUT2D eigenvalue weighted by Gasteiger charge is -2.25. The monoisotopic (exact) mass is 433 g/mol. The second kappa shape index (κ2) is 8.52. The third-order valence-electron chi connectivity index (χ3n) is 6.63. The van der Waals surface area contributed by atoms with Crippen LogP contribution in [0.25, 0.3) is 10.9 Å². The Hall–Kier alpha value is -2.57. The largest absolute Gasteiger partial charge is 0.361 e. The van der Waals surface area contributed by atoms with E-state index in [0.717, 1.165) is 25.9 Å². The summed E-state index contributed by atoms with van der Waals surface area (Å²) in [6.45, 7) is 2.49. The summed E-state index contributed by atoms with van der Waals surface area (Å²) in [5.74, 6) is -0.302. The third-order valence-corrected chi connectivity index (χ3v) is 7.36. The minimum absolute atomic E-state index is 0.151. The van der Waals surface area contributed by atoms with Gasteiger partial charge in [-0.15, -0.1) is 11.8 Å². The molecule has 0 radical (unpaired) electrons. The number of hydrogen-bond acceptors (Lipinski definition) is 4. The van der Waals surface area contributed by atoms with Crippen LogP contribution in [0, 0.1) is 0 Å². The molecule has 0 aliphatic carbocycles. The van der Waals surface area contributed by atoms with Crippen molar-refractivity contribution in [1.29, 1.82) is 0 Å². The van der Waals surface area contributed by atoms with Gasteiger partial charge in [-0.05, 0) is 74.4 Å². The smallest absolute Gasteiger partial charge is 0.261 e. The van der Waals surface area contributed by atoms with E-state index in [1.165, 1.54) is 39.1 Å². The zero-order valence-corrected chi connectivity index (χ0v) is 18.6. The molecule has 0 spiro atoms. The number of aromatic nitrogens is 1. The Morgan fingerprint density at radius 3 is 2.58 bits per heavy atom. The number of likely N-dealkylation sites (tertiary alicyclic amines) is 1. The molecule has 1 fully saturated rings. The minimum atomic E-state index is -0.151. The van der Waals surface area contributed by atoms with Gasteiger partial charge in [-0.3, -0.25) is 19.4 Å². The van der Waals surface area contributed by atoms with Gasteiger partial charge in [-0.1, -0.05) is 12.1 Å². The summed E-state index contributed by atoms with van der Waals surface area (Å²) >= 11 is 1.77. The molecule has 160 valence electrons. The van der Waals surface area contributed by atoms with E-state index in [0.29, 0.717) is 23.7 Å². The standard InChI is InChI=1S/C25H27N3O2S/c1-31-19-9-10-23-22(15-19)17(16-26-23)14-18-6-4-11-27(18)12-5-13-28-24(29)20-7-2-3-8-21(20)25(28)30/h2-3,7-10,15-16,18,26H,4-6,11-14H2,1H3/t18-/m1/s1. The van der Waals surface area contributed by atoms with E-state index in [1.54, 1.807) is 23.9 Å². The maximum atomic E-state index is 12.6. The van der Waals surface area contributed by atoms with Crippen molar-refractivity contribution >= 4 is 34.5 Å². The topological polar surface area (TPSA) is 56.4 Å². The van der Waals surface area contributed by atoms with Crippen LogP contribution >= 0.6 is 11.8 Å². The molecule has 31 heavy (non-hydrogen) atoms. The number of amides is 2. The summed E-state index contributed by atoms with van der Waals surface area (Å²) in [5, 5.41) is 1.32. The highest BCUT2D eigenvalue weighted by molar-refractivity contribution is 7.98. The Kier molecular flexibility index (Phi) is 5.59. The lowest BCUT2D eigenvalue weighted by Crippen LogP contribution is -2.36. The van der Waals surface area contributed by atoms with Gasteiger partial charge in [-0.25, -0.2) is 0 Å². The summed E-state index contributed by atoms with van der Waals surface area (Å²) in [4.78, 5) is 33.8. The molecular formula is C25H27N3O2S. The fraction of sp³-hybridized carbons (Fsp3) is 0.360. The van der Waals surface area contributed by atoms with E-state index < -0.39 is 0 Å². The molecular weight excluding hydrogens is 406 g/mol. The Balaban J connectivity index is 1.21. The SMILES string of the molecule is CSc1ccc2[nH]cc(C[C@H]3CCCN3CCCN3C(=O)c4ccccc4C3=O)c2c1. The van der Waals surface area contributed by atoms with Crippen LogP contribution in [0.15, 0.2) is 53.6 Å². The van der Waals surface area contributed by atoms with Gasteiger partial charge in [0.25, 0.3) is 11.8 Å². The van der Waals surface area contributed by atoms with Crippen LogP contribution in [0.4, 0.5) is 0 Å². The molecule has 3 aromatic rings. The number of H-pyrrole nitrogens is 1. The quantitative estimate of drug-likeness (QED) is 0.438. The highest BCUT2D eigenvalue weighted by Gasteiger charge is 2.35. The lowest BCUT2D eigenvalue weighted by molar-refractivity contribution is 0.0646. The van der Waals surface area contributed by atoms with Crippen LogP contribution in [0.5, 0.6) is 0 Å². The van der Waals surface area contributed by atoms with Crippen LogP contribution < -0.4 is 0 Å². The van der Waals surface area contributed by atoms with Crippen molar-refractivity contribution < 1.29 is 9.59 Å². The number of nitrogens with one attached hydrogen (secondary N) is 1. The van der Waals surface area contributed by atoms with Gasteiger partial charge in [0.2, 0.25) is 0 Å². The maximum Gasteiger partial charge on any atom is 0.261 e. The lowest BCUT2D eigenvalue weighted by atomic mass is 10.0. The maximum absolute atomic E-state index is 12.6. The van der Waals surface area contributed by atoms with E-state index in [2.05, 4.69) is 40.5 Å². The molecule has 0 saturated carbocycles. The van der Waals surface area contributed by atoms with Crippen LogP contribution in [-0.2, 0) is 6.42 Å². The fourth-order valence-corrected chi connectivity index (χ4v) is 5.44. The zero-order valence-electron chi connectivity index (χ0n) is 17.8. The molecule has 1 N–H and O–H groups in total. The van der Waals surface area contributed by atoms with Gasteiger partial charge in [0.1, 0.15) is 0 Å². The number of hydrogen-bond donors (Lipinski definition) is 1. The summed E-state index contributed by atoms with van der Waals surface area (Å²) in [6.07, 6.45) is 8.51. The molecule has 0 bridgehead atoms. The van der Waals surface area contributed by atoms with Crippen LogP contribution in [0.3, 0.4) is 0 Å². The third kappa shape index (κ3) is 3.79. The average molecular weight is 434 g/mol. The van der Waals surface area contributed by atoms with Crippen LogP contribution in [-0.4, -0.2) is 58.5 Å². The van der Waals surface area contributed by atoms with Crippen molar-refractivity contribution in [1.82, 2.24) is 14.8 Å². The van der Waals surface area contributed by atoms with Crippen molar-refractivity contribution in [2.24, 2.45) is 0 Å². The van der Waals surface area contributed by atoms with Gasteiger partial charge in [0, 0.05) is 41.1 Å². The Morgan fingerprint density at radius 1 is 1.06 bits per heavy atom. The Morgan fingerprint density at radius 2 is 1.84 bits per heavy atom. The highest BCUT2D eigenvalue weighted by atomic mass is 32.2. The average Bonchev–Trinajstić information content (AvgIpc) is 3.48. The number of carbonyl (C=O) groups is 2. The second-order valence-electron chi connectivity index (χ2n) is 8.42. The molecule has 6 heteroatoms. The molecule has 0 unspecified atom stereocenters. The van der Waals surface area contributed by atoms with Crippen molar-refractivity contribution in [2.45, 2.75) is 36.6 Å². The van der Waals surface area contributed by atoms with E-state index >= 15 is 0 Å². The Labute approximate surface area is 186 Å². The number of carbonyl (C=O) groups excluding carboxylic acids is 2. The fourth-order valence-electron chi connectivity index (χ4n) is 5.00. The summed E-state index contributed by atoms with van der Waals surface area (Å²) < 4.78 is 0. The van der Waals surface area contributed by atoms with Gasteiger partial charge < -0.3 is 4.98 Å². The number of nitrogens with zero attached hydrogens (tertiary/aromatic N) is 2. The van der Waals surface area contributed by atoms with E-state index in [-0.39, 0.29) is 11.8 Å². The number of imide groups is 1. The molecule has 3 heterocycles. The first kappa shape index (κ1) is 20.3. The number of fused-ring (bicyclic) bond motifs is 2. The normalized spacial score (nSPS) is 19.0. The van der Waals surface area contributed by atoms with Crippen LogP contribution in [0.2, 0.25) is 0 Å². The zero-order chi connectivity index (χ0) is 21.4. The van der Waals surface area contributed by atoms with Crippen molar-refractivity contribution in [3.8, 4) is 0 Å². The molecule has 2 aliphatic rings. The molecule has 2 amide bonds. The molecule has 1 atom stereocenters. The first-order chi connectivity index (χ1) is 15.2. The second-order valence-corrected chi connectivity index (χ2v) is 9.30. The predicted molar refractivity (Wildman–Crippen MR) is 125 cm³/mol. The number of thioether (sulfide) groups is 1. The van der Waals surface area contributed by atoms with E-state index in [4.69, 9.17) is 0 Å². The van der Waals surface area contributed by atoms with Gasteiger partial charge in [0.05, 0.1) is 11.1 Å². The number of benzene rings is 2. The Bertz CT molecular complexity index is 1100. The summed E-state index contributed by atoms with van der Waals surface area (Å²) in [7, 11) is 0. The molecule has 2 aromatic carbocycles. The molecule has 5 nitrogen and oxygen atoms in total. The summed E-state index contributed by atoms with van der Waals surface area (Å²) in [6, 6.07) is 14.2. The van der Waals surface area contributed by atoms with Gasteiger partial charge in [-0.2, -0.15) is 0 Å². The number of rotatable bonds is 7. The van der Waals surface area contributed by atoms with E-state index in [9.17, 15) is 9.59 Å². The first-order valence-electron chi connectivity index (χ1n) is 11.0. The van der Waals surface area contributed by atoms with Crippen molar-refractivity contribution in [3.05, 3.63) is 65.4 Å². The minimum Gasteiger partial charge on any atom is -0.361 e. The molecule has 1 aromatic heterocycles. The summed E-state index contributed by atoms with van der Waals surface area (Å²) in [5.41, 5.74) is 3.65. The van der Waals surface area contributed by atoms with Gasteiger partial charge in [0.15, 0.2) is 0 Å². The van der Waals surface area contributed by atoms with Crippen LogP contribution in [0.1, 0.15) is 45.5 Å². The van der Waals surface area contributed by atoms with Crippen molar-refractivity contribution in [3.63, 3.8) is 0 Å². The highest BCUT2D eigenvalue weighted by Crippen LogP contribution is 2.29. The first-order valence-corrected chi connectivity index (χ1v) is 12.2. The molecule has 5 rings (SSSR count). The molecule has 2 aliphatic heterocycles. The van der Waals surface area contributed by atoms with E-state index in [1.807, 2.05) is 12.1 Å². The van der Waals surface area contributed by atoms with Crippen molar-refractivity contribution in [2.75, 3.05) is 25.9 Å².